The van der Waals surface area contributed by atoms with Crippen molar-refractivity contribution in [1.82, 2.24) is 9.88 Å². The molecule has 30 heavy (non-hydrogen) atoms. The van der Waals surface area contributed by atoms with E-state index in [9.17, 15) is 9.90 Å². The summed E-state index contributed by atoms with van der Waals surface area (Å²) < 4.78 is 0. The van der Waals surface area contributed by atoms with Gasteiger partial charge in [0, 0.05) is 54.1 Å². The lowest BCUT2D eigenvalue weighted by molar-refractivity contribution is -0.128. The van der Waals surface area contributed by atoms with E-state index in [1.165, 1.54) is 0 Å². The van der Waals surface area contributed by atoms with E-state index in [-0.39, 0.29) is 11.7 Å². The summed E-state index contributed by atoms with van der Waals surface area (Å²) in [7, 11) is 1.94. The van der Waals surface area contributed by atoms with Gasteiger partial charge in [-0.2, -0.15) is 0 Å². The Labute approximate surface area is 180 Å². The highest BCUT2D eigenvalue weighted by Gasteiger charge is 2.21. The first-order valence-electron chi connectivity index (χ1n) is 9.78. The van der Waals surface area contributed by atoms with Gasteiger partial charge in [0.25, 0.3) is 0 Å². The molecule has 1 amide bonds. The number of phenolic OH excluding ortho intramolecular Hbond substituents is 1. The topological polar surface area (TPSA) is 82.7 Å². The number of amides is 1. The molecular weight excluding hydrogens is 400 g/mol. The zero-order valence-electron chi connectivity index (χ0n) is 16.7. The van der Waals surface area contributed by atoms with Gasteiger partial charge >= 0.3 is 0 Å². The number of carbonyl (C=O) groups excluding carboxylic acids is 1. The van der Waals surface area contributed by atoms with Crippen molar-refractivity contribution in [2.45, 2.75) is 19.4 Å². The van der Waals surface area contributed by atoms with E-state index < -0.39 is 0 Å². The predicted octanol–water partition coefficient (Wildman–Crippen LogP) is 4.58. The maximum absolute atomic E-state index is 11.9. The van der Waals surface area contributed by atoms with Gasteiger partial charge in [-0.25, -0.2) is 4.98 Å². The SMILES string of the molecule is CN(c1ccc(Cl)cc1)c1ccc(O)c(-c2ccc(CN3CCCC3=O)c(N)n2)c1. The zero-order chi connectivity index (χ0) is 21.3. The minimum Gasteiger partial charge on any atom is -0.507 e. The normalized spacial score (nSPS) is 13.7. The van der Waals surface area contributed by atoms with Gasteiger partial charge in [-0.1, -0.05) is 17.7 Å². The summed E-state index contributed by atoms with van der Waals surface area (Å²) in [6.07, 6.45) is 1.47. The number of aromatic nitrogens is 1. The molecule has 4 rings (SSSR count). The van der Waals surface area contributed by atoms with Crippen molar-refractivity contribution in [2.75, 3.05) is 24.2 Å². The van der Waals surface area contributed by atoms with Gasteiger partial charge in [0.1, 0.15) is 11.6 Å². The predicted molar refractivity (Wildman–Crippen MR) is 120 cm³/mol. The minimum atomic E-state index is 0.123. The molecule has 0 spiro atoms. The summed E-state index contributed by atoms with van der Waals surface area (Å²) in [4.78, 5) is 20.2. The monoisotopic (exact) mass is 422 g/mol. The molecule has 0 radical (unpaired) electrons. The van der Waals surface area contributed by atoms with Gasteiger partial charge in [-0.15, -0.1) is 0 Å². The van der Waals surface area contributed by atoms with Crippen molar-refractivity contribution >= 4 is 34.7 Å². The van der Waals surface area contributed by atoms with Gasteiger partial charge in [0.15, 0.2) is 0 Å². The average molecular weight is 423 g/mol. The largest absolute Gasteiger partial charge is 0.507 e. The molecule has 0 saturated carbocycles. The Morgan fingerprint density at radius 2 is 1.87 bits per heavy atom. The summed E-state index contributed by atoms with van der Waals surface area (Å²) in [5.74, 6) is 0.634. The molecule has 0 unspecified atom stereocenters. The molecule has 1 aromatic heterocycles. The van der Waals surface area contributed by atoms with E-state index in [4.69, 9.17) is 17.3 Å². The summed E-state index contributed by atoms with van der Waals surface area (Å²) in [5.41, 5.74) is 10.0. The number of benzene rings is 2. The number of aromatic hydroxyl groups is 1. The summed E-state index contributed by atoms with van der Waals surface area (Å²) in [5, 5.41) is 11.1. The van der Waals surface area contributed by atoms with E-state index >= 15 is 0 Å². The van der Waals surface area contributed by atoms with Crippen molar-refractivity contribution in [1.29, 1.82) is 0 Å². The second kappa shape index (κ2) is 8.24. The number of rotatable bonds is 5. The quantitative estimate of drug-likeness (QED) is 0.628. The second-order valence-electron chi connectivity index (χ2n) is 7.40. The number of likely N-dealkylation sites (tertiary alicyclic amines) is 1. The van der Waals surface area contributed by atoms with E-state index in [1.54, 1.807) is 11.0 Å². The standard InChI is InChI=1S/C23H23ClN4O2/c1-27(17-7-5-16(24)6-8-17)18-9-11-21(29)19(13-18)20-10-4-15(23(25)26-20)14-28-12-2-3-22(28)30/h4-11,13,29H,2-3,12,14H2,1H3,(H2,25,26). The first-order chi connectivity index (χ1) is 14.4. The van der Waals surface area contributed by atoms with Crippen molar-refractivity contribution < 1.29 is 9.90 Å². The van der Waals surface area contributed by atoms with Crippen molar-refractivity contribution in [3.63, 3.8) is 0 Å². The summed E-state index contributed by atoms with van der Waals surface area (Å²) >= 11 is 5.98. The van der Waals surface area contributed by atoms with E-state index in [2.05, 4.69) is 4.98 Å². The molecule has 3 aromatic rings. The smallest absolute Gasteiger partial charge is 0.222 e. The number of nitrogens with two attached hydrogens (primary N) is 1. The molecule has 0 atom stereocenters. The molecule has 6 nitrogen and oxygen atoms in total. The number of phenols is 1. The Kier molecular flexibility index (Phi) is 5.50. The Morgan fingerprint density at radius 3 is 2.53 bits per heavy atom. The van der Waals surface area contributed by atoms with Crippen LogP contribution >= 0.6 is 11.6 Å². The van der Waals surface area contributed by atoms with Crippen LogP contribution in [0.15, 0.2) is 54.6 Å². The van der Waals surface area contributed by atoms with Crippen LogP contribution in [0.5, 0.6) is 5.75 Å². The van der Waals surface area contributed by atoms with Gasteiger partial charge in [-0.05, 0) is 55.0 Å². The lowest BCUT2D eigenvalue weighted by Crippen LogP contribution is -2.24. The third-order valence-electron chi connectivity index (χ3n) is 5.40. The molecule has 0 bridgehead atoms. The lowest BCUT2D eigenvalue weighted by atomic mass is 10.1. The van der Waals surface area contributed by atoms with E-state index in [0.717, 1.165) is 29.9 Å². The first kappa shape index (κ1) is 20.0. The minimum absolute atomic E-state index is 0.123. The van der Waals surface area contributed by atoms with Crippen LogP contribution in [0.2, 0.25) is 5.02 Å². The summed E-state index contributed by atoms with van der Waals surface area (Å²) in [6, 6.07) is 16.6. The number of pyridine rings is 1. The van der Waals surface area contributed by atoms with Crippen LogP contribution in [0.25, 0.3) is 11.3 Å². The molecule has 2 aromatic carbocycles. The molecular formula is C23H23ClN4O2. The van der Waals surface area contributed by atoms with Crippen LogP contribution in [0.1, 0.15) is 18.4 Å². The fraction of sp³-hybridized carbons (Fsp3) is 0.217. The Hall–Kier alpha value is -3.25. The van der Waals surface area contributed by atoms with Crippen LogP contribution in [-0.4, -0.2) is 34.5 Å². The number of nitrogens with zero attached hydrogens (tertiary/aromatic N) is 3. The van der Waals surface area contributed by atoms with Crippen molar-refractivity contribution in [2.24, 2.45) is 0 Å². The summed E-state index contributed by atoms with van der Waals surface area (Å²) in [6.45, 7) is 1.21. The van der Waals surface area contributed by atoms with Crippen LogP contribution in [0.4, 0.5) is 17.2 Å². The molecule has 7 heteroatoms. The first-order valence-corrected chi connectivity index (χ1v) is 10.2. The third kappa shape index (κ3) is 4.04. The van der Waals surface area contributed by atoms with E-state index in [1.807, 2.05) is 60.5 Å². The van der Waals surface area contributed by atoms with Gasteiger partial charge in [0.2, 0.25) is 5.91 Å². The molecule has 2 heterocycles. The third-order valence-corrected chi connectivity index (χ3v) is 5.65. The molecule has 1 aliphatic rings. The average Bonchev–Trinajstić information content (AvgIpc) is 3.14. The molecule has 1 aliphatic heterocycles. The van der Waals surface area contributed by atoms with Gasteiger partial charge in [0.05, 0.1) is 5.69 Å². The van der Waals surface area contributed by atoms with Crippen molar-refractivity contribution in [3.8, 4) is 17.0 Å². The number of hydrogen-bond donors (Lipinski definition) is 2. The van der Waals surface area contributed by atoms with Crippen molar-refractivity contribution in [3.05, 3.63) is 65.2 Å². The number of carbonyl (C=O) groups is 1. The second-order valence-corrected chi connectivity index (χ2v) is 7.83. The molecule has 1 saturated heterocycles. The Balaban J connectivity index is 1.62. The van der Waals surface area contributed by atoms with Gasteiger partial charge < -0.3 is 20.6 Å². The highest BCUT2D eigenvalue weighted by Crippen LogP contribution is 2.35. The Morgan fingerprint density at radius 1 is 1.13 bits per heavy atom. The number of halogens is 1. The molecule has 3 N–H and O–H groups in total. The molecule has 1 fully saturated rings. The number of anilines is 3. The van der Waals surface area contributed by atoms with Crippen LogP contribution < -0.4 is 10.6 Å². The highest BCUT2D eigenvalue weighted by atomic mass is 35.5. The lowest BCUT2D eigenvalue weighted by Gasteiger charge is -2.21. The molecule has 154 valence electrons. The van der Waals surface area contributed by atoms with E-state index in [0.29, 0.717) is 35.1 Å². The fourth-order valence-corrected chi connectivity index (χ4v) is 3.74. The maximum atomic E-state index is 11.9. The maximum Gasteiger partial charge on any atom is 0.222 e. The van der Waals surface area contributed by atoms with Gasteiger partial charge in [-0.3, -0.25) is 4.79 Å². The van der Waals surface area contributed by atoms with Crippen LogP contribution in [0, 0.1) is 0 Å². The van der Waals surface area contributed by atoms with Crippen LogP contribution in [-0.2, 0) is 11.3 Å². The Bertz CT molecular complexity index is 1090. The van der Waals surface area contributed by atoms with Crippen LogP contribution in [0.3, 0.4) is 0 Å². The number of hydrogen-bond acceptors (Lipinski definition) is 5. The highest BCUT2D eigenvalue weighted by molar-refractivity contribution is 6.30. The number of nitrogen functional groups attached to an aromatic ring is 1. The fourth-order valence-electron chi connectivity index (χ4n) is 3.62. The molecule has 0 aliphatic carbocycles. The zero-order valence-corrected chi connectivity index (χ0v) is 17.4.